The second kappa shape index (κ2) is 4.42. The molecule has 0 unspecified atom stereocenters. The average Bonchev–Trinajstić information content (AvgIpc) is 2.70. The van der Waals surface area contributed by atoms with Gasteiger partial charge in [-0.1, -0.05) is 6.07 Å². The van der Waals surface area contributed by atoms with Gasteiger partial charge in [-0.3, -0.25) is 4.79 Å². The first-order valence-corrected chi connectivity index (χ1v) is 5.38. The highest BCUT2D eigenvalue weighted by molar-refractivity contribution is 5.85. The van der Waals surface area contributed by atoms with Gasteiger partial charge < -0.3 is 9.80 Å². The predicted octanol–water partition coefficient (Wildman–Crippen LogP) is 1.32. The van der Waals surface area contributed by atoms with Crippen molar-refractivity contribution in [1.82, 2.24) is 4.90 Å². The van der Waals surface area contributed by atoms with Crippen LogP contribution >= 0.6 is 0 Å². The maximum atomic E-state index is 13.4. The molecule has 4 nitrogen and oxygen atoms in total. The molecule has 0 atom stereocenters. The van der Waals surface area contributed by atoms with Gasteiger partial charge in [0.2, 0.25) is 5.91 Å². The molecule has 1 amide bonds. The predicted molar refractivity (Wildman–Crippen MR) is 60.7 cm³/mol. The van der Waals surface area contributed by atoms with E-state index in [1.165, 1.54) is 6.07 Å². The van der Waals surface area contributed by atoms with Crippen LogP contribution in [0.2, 0.25) is 0 Å². The van der Waals surface area contributed by atoms with Gasteiger partial charge in [0.1, 0.15) is 17.4 Å². The Balaban J connectivity index is 2.34. The summed E-state index contributed by atoms with van der Waals surface area (Å²) in [6.45, 7) is 3.12. The third-order valence-electron chi connectivity index (χ3n) is 2.85. The van der Waals surface area contributed by atoms with E-state index in [4.69, 9.17) is 5.26 Å². The summed E-state index contributed by atoms with van der Waals surface area (Å²) in [5, 5.41) is 8.93. The molecule has 0 radical (unpaired) electrons. The van der Waals surface area contributed by atoms with Gasteiger partial charge in [-0.15, -0.1) is 0 Å². The lowest BCUT2D eigenvalue weighted by Gasteiger charge is -2.19. The van der Waals surface area contributed by atoms with Gasteiger partial charge in [0.05, 0.1) is 18.9 Å². The summed E-state index contributed by atoms with van der Waals surface area (Å²) in [5.41, 5.74) is 0.482. The Bertz CT molecular complexity index is 495. The van der Waals surface area contributed by atoms with Crippen molar-refractivity contribution in [2.24, 2.45) is 0 Å². The van der Waals surface area contributed by atoms with E-state index in [2.05, 4.69) is 0 Å². The highest BCUT2D eigenvalue weighted by Gasteiger charge is 2.28. The van der Waals surface area contributed by atoms with Crippen molar-refractivity contribution in [2.45, 2.75) is 6.92 Å². The Labute approximate surface area is 98.9 Å². The second-order valence-electron chi connectivity index (χ2n) is 3.83. The minimum Gasteiger partial charge on any atom is -0.343 e. The van der Waals surface area contributed by atoms with Crippen LogP contribution < -0.4 is 4.90 Å². The summed E-state index contributed by atoms with van der Waals surface area (Å²) in [4.78, 5) is 15.0. The first-order chi connectivity index (χ1) is 8.17. The van der Waals surface area contributed by atoms with E-state index >= 15 is 0 Å². The van der Waals surface area contributed by atoms with Crippen molar-refractivity contribution >= 4 is 11.6 Å². The first kappa shape index (κ1) is 11.4. The number of nitrogens with zero attached hydrogens (tertiary/aromatic N) is 3. The van der Waals surface area contributed by atoms with Crippen molar-refractivity contribution < 1.29 is 9.18 Å². The fourth-order valence-corrected chi connectivity index (χ4v) is 1.92. The minimum atomic E-state index is -0.549. The molecular formula is C12H12FN3O. The number of carbonyl (C=O) groups is 1. The zero-order valence-electron chi connectivity index (χ0n) is 9.48. The summed E-state index contributed by atoms with van der Waals surface area (Å²) in [5.74, 6) is -0.548. The lowest BCUT2D eigenvalue weighted by Crippen LogP contribution is -2.27. The summed E-state index contributed by atoms with van der Waals surface area (Å²) in [6.07, 6.45) is 0. The topological polar surface area (TPSA) is 47.3 Å². The van der Waals surface area contributed by atoms with E-state index in [0.29, 0.717) is 18.9 Å². The zero-order valence-corrected chi connectivity index (χ0v) is 9.48. The van der Waals surface area contributed by atoms with Gasteiger partial charge in [-0.2, -0.15) is 5.26 Å². The third-order valence-corrected chi connectivity index (χ3v) is 2.85. The third kappa shape index (κ3) is 1.94. The lowest BCUT2D eigenvalue weighted by molar-refractivity contribution is -0.126. The molecule has 0 aliphatic carbocycles. The van der Waals surface area contributed by atoms with E-state index in [1.54, 1.807) is 21.9 Å². The standard InChI is InChI=1S/C12H12FN3O/c1-2-15-8-16(7-12(15)17)11-5-3-4-10(13)9(11)6-14/h3-5H,2,7-8H2,1H3. The Morgan fingerprint density at radius 3 is 2.88 bits per heavy atom. The Kier molecular flexibility index (Phi) is 2.96. The number of nitriles is 1. The van der Waals surface area contributed by atoms with Gasteiger partial charge in [0, 0.05) is 6.54 Å². The lowest BCUT2D eigenvalue weighted by atomic mass is 10.1. The molecule has 2 rings (SSSR count). The number of carbonyl (C=O) groups excluding carboxylic acids is 1. The fourth-order valence-electron chi connectivity index (χ4n) is 1.92. The van der Waals surface area contributed by atoms with Gasteiger partial charge in [0.15, 0.2) is 0 Å². The molecule has 88 valence electrons. The van der Waals surface area contributed by atoms with Crippen LogP contribution in [-0.4, -0.2) is 30.6 Å². The number of halogens is 1. The van der Waals surface area contributed by atoms with Crippen molar-refractivity contribution in [3.8, 4) is 6.07 Å². The number of hydrogen-bond acceptors (Lipinski definition) is 3. The van der Waals surface area contributed by atoms with Crippen LogP contribution in [0.4, 0.5) is 10.1 Å². The van der Waals surface area contributed by atoms with Gasteiger partial charge in [-0.05, 0) is 19.1 Å². The molecule has 1 saturated heterocycles. The number of benzene rings is 1. The van der Waals surface area contributed by atoms with Crippen molar-refractivity contribution in [1.29, 1.82) is 5.26 Å². The molecule has 1 fully saturated rings. The number of hydrogen-bond donors (Lipinski definition) is 0. The summed E-state index contributed by atoms with van der Waals surface area (Å²) in [6, 6.07) is 6.30. The van der Waals surface area contributed by atoms with Crippen molar-refractivity contribution in [2.75, 3.05) is 24.7 Å². The number of anilines is 1. The molecule has 0 N–H and O–H groups in total. The van der Waals surface area contributed by atoms with Crippen LogP contribution in [0.1, 0.15) is 12.5 Å². The van der Waals surface area contributed by atoms with E-state index in [9.17, 15) is 9.18 Å². The summed E-state index contributed by atoms with van der Waals surface area (Å²) >= 11 is 0. The molecule has 1 aliphatic rings. The molecule has 0 spiro atoms. The first-order valence-electron chi connectivity index (χ1n) is 5.38. The molecule has 0 saturated carbocycles. The molecule has 1 aromatic rings. The highest BCUT2D eigenvalue weighted by Crippen LogP contribution is 2.25. The van der Waals surface area contributed by atoms with E-state index < -0.39 is 5.82 Å². The molecule has 1 heterocycles. The maximum Gasteiger partial charge on any atom is 0.243 e. The largest absolute Gasteiger partial charge is 0.343 e. The molecule has 0 aromatic heterocycles. The van der Waals surface area contributed by atoms with Crippen molar-refractivity contribution in [3.63, 3.8) is 0 Å². The Hall–Kier alpha value is -2.09. The summed E-state index contributed by atoms with van der Waals surface area (Å²) in [7, 11) is 0. The van der Waals surface area contributed by atoms with Crippen LogP contribution in [0.25, 0.3) is 0 Å². The molecule has 0 bridgehead atoms. The fraction of sp³-hybridized carbons (Fsp3) is 0.333. The van der Waals surface area contributed by atoms with Crippen LogP contribution in [0.15, 0.2) is 18.2 Å². The molecule has 17 heavy (non-hydrogen) atoms. The molecular weight excluding hydrogens is 221 g/mol. The number of amides is 1. The minimum absolute atomic E-state index is 0.000603. The van der Waals surface area contributed by atoms with E-state index in [0.717, 1.165) is 0 Å². The molecule has 5 heteroatoms. The normalized spacial score (nSPS) is 15.2. The van der Waals surface area contributed by atoms with E-state index in [1.807, 2.05) is 13.0 Å². The SMILES string of the molecule is CCN1CN(c2cccc(F)c2C#N)CC1=O. The summed E-state index contributed by atoms with van der Waals surface area (Å²) < 4.78 is 13.4. The van der Waals surface area contributed by atoms with Gasteiger partial charge >= 0.3 is 0 Å². The number of rotatable bonds is 2. The van der Waals surface area contributed by atoms with Crippen LogP contribution in [-0.2, 0) is 4.79 Å². The Morgan fingerprint density at radius 1 is 1.53 bits per heavy atom. The zero-order chi connectivity index (χ0) is 12.4. The maximum absolute atomic E-state index is 13.4. The van der Waals surface area contributed by atoms with Crippen LogP contribution in [0.5, 0.6) is 0 Å². The van der Waals surface area contributed by atoms with Crippen molar-refractivity contribution in [3.05, 3.63) is 29.6 Å². The average molecular weight is 233 g/mol. The molecule has 1 aromatic carbocycles. The van der Waals surface area contributed by atoms with E-state index in [-0.39, 0.29) is 18.0 Å². The van der Waals surface area contributed by atoms with Crippen LogP contribution in [0, 0.1) is 17.1 Å². The number of likely N-dealkylation sites (N-methyl/N-ethyl adjacent to an activating group) is 1. The van der Waals surface area contributed by atoms with Crippen LogP contribution in [0.3, 0.4) is 0 Å². The molecule has 1 aliphatic heterocycles. The quantitative estimate of drug-likeness (QED) is 0.774. The monoisotopic (exact) mass is 233 g/mol. The Morgan fingerprint density at radius 2 is 2.29 bits per heavy atom. The smallest absolute Gasteiger partial charge is 0.243 e. The highest BCUT2D eigenvalue weighted by atomic mass is 19.1. The van der Waals surface area contributed by atoms with Gasteiger partial charge in [0.25, 0.3) is 0 Å². The van der Waals surface area contributed by atoms with Gasteiger partial charge in [-0.25, -0.2) is 4.39 Å². The second-order valence-corrected chi connectivity index (χ2v) is 3.83.